The Bertz CT molecular complexity index is 188. The summed E-state index contributed by atoms with van der Waals surface area (Å²) in [5, 5.41) is 2.97. The van der Waals surface area contributed by atoms with Gasteiger partial charge in [0.1, 0.15) is 0 Å². The van der Waals surface area contributed by atoms with E-state index in [0.717, 1.165) is 32.4 Å². The van der Waals surface area contributed by atoms with Gasteiger partial charge in [0, 0.05) is 19.1 Å². The van der Waals surface area contributed by atoms with Gasteiger partial charge in [-0.05, 0) is 25.2 Å². The highest BCUT2D eigenvalue weighted by molar-refractivity contribution is 5.74. The van der Waals surface area contributed by atoms with Crippen molar-refractivity contribution in [3.63, 3.8) is 0 Å². The minimum Gasteiger partial charge on any atom is -0.338 e. The summed E-state index contributed by atoms with van der Waals surface area (Å²) >= 11 is 0. The van der Waals surface area contributed by atoms with Gasteiger partial charge in [-0.15, -0.1) is 0 Å². The molecule has 0 saturated heterocycles. The molecular weight excluding hydrogens is 200 g/mol. The number of nitrogens with zero attached hydrogens (tertiary/aromatic N) is 1. The normalized spacial score (nSPS) is 10.9. The minimum absolute atomic E-state index is 0.101. The Hall–Kier alpha value is -0.730. The second-order valence-corrected chi connectivity index (χ2v) is 4.75. The van der Waals surface area contributed by atoms with Gasteiger partial charge in [-0.1, -0.05) is 34.6 Å². The number of amides is 2. The van der Waals surface area contributed by atoms with Crippen LogP contribution < -0.4 is 5.32 Å². The second-order valence-electron chi connectivity index (χ2n) is 4.75. The molecule has 0 heterocycles. The summed E-state index contributed by atoms with van der Waals surface area (Å²) in [6, 6.07) is 0.475. The number of carbonyl (C=O) groups excluding carboxylic acids is 1. The van der Waals surface area contributed by atoms with Gasteiger partial charge in [-0.25, -0.2) is 4.79 Å². The fraction of sp³-hybridized carbons (Fsp3) is 0.923. The summed E-state index contributed by atoms with van der Waals surface area (Å²) in [6.07, 6.45) is 3.05. The molecule has 96 valence electrons. The summed E-state index contributed by atoms with van der Waals surface area (Å²) < 4.78 is 0. The van der Waals surface area contributed by atoms with Gasteiger partial charge in [0.15, 0.2) is 0 Å². The molecule has 0 saturated carbocycles. The highest BCUT2D eigenvalue weighted by Gasteiger charge is 2.21. The highest BCUT2D eigenvalue weighted by Crippen LogP contribution is 2.11. The number of carbonyl (C=O) groups is 1. The Morgan fingerprint density at radius 1 is 1.19 bits per heavy atom. The smallest absolute Gasteiger partial charge is 0.317 e. The zero-order valence-electron chi connectivity index (χ0n) is 11.5. The molecule has 0 radical (unpaired) electrons. The van der Waals surface area contributed by atoms with E-state index in [1.165, 1.54) is 0 Å². The van der Waals surface area contributed by atoms with Crippen LogP contribution in [-0.2, 0) is 0 Å². The van der Waals surface area contributed by atoms with E-state index in [1.807, 2.05) is 4.90 Å². The topological polar surface area (TPSA) is 32.3 Å². The third-order valence-electron chi connectivity index (χ3n) is 2.73. The average Bonchev–Trinajstić information content (AvgIpc) is 2.25. The third kappa shape index (κ3) is 5.38. The lowest BCUT2D eigenvalue weighted by molar-refractivity contribution is 0.160. The summed E-state index contributed by atoms with van der Waals surface area (Å²) in [4.78, 5) is 14.0. The SMILES string of the molecule is CCCNC(=O)N(CC(C)C)C(CC)CC. The van der Waals surface area contributed by atoms with Gasteiger partial charge < -0.3 is 10.2 Å². The van der Waals surface area contributed by atoms with Crippen LogP contribution in [-0.4, -0.2) is 30.1 Å². The predicted octanol–water partition coefficient (Wildman–Crippen LogP) is 3.25. The molecule has 16 heavy (non-hydrogen) atoms. The Morgan fingerprint density at radius 2 is 1.75 bits per heavy atom. The molecule has 3 nitrogen and oxygen atoms in total. The minimum atomic E-state index is 0.101. The quantitative estimate of drug-likeness (QED) is 0.712. The third-order valence-corrected chi connectivity index (χ3v) is 2.73. The summed E-state index contributed by atoms with van der Waals surface area (Å²) in [7, 11) is 0. The standard InChI is InChI=1S/C13H28N2O/c1-6-9-14-13(16)15(10-11(4)5)12(7-2)8-3/h11-12H,6-10H2,1-5H3,(H,14,16). The maximum Gasteiger partial charge on any atom is 0.317 e. The number of hydrogen-bond acceptors (Lipinski definition) is 1. The van der Waals surface area contributed by atoms with Crippen LogP contribution in [0.2, 0.25) is 0 Å². The molecule has 0 unspecified atom stereocenters. The van der Waals surface area contributed by atoms with E-state index in [-0.39, 0.29) is 6.03 Å². The molecule has 0 fully saturated rings. The van der Waals surface area contributed by atoms with E-state index in [9.17, 15) is 4.79 Å². The summed E-state index contributed by atoms with van der Waals surface area (Å²) in [5.41, 5.74) is 0. The van der Waals surface area contributed by atoms with Gasteiger partial charge in [0.2, 0.25) is 0 Å². The predicted molar refractivity (Wildman–Crippen MR) is 69.6 cm³/mol. The fourth-order valence-corrected chi connectivity index (χ4v) is 1.85. The van der Waals surface area contributed by atoms with Crippen molar-refractivity contribution in [3.05, 3.63) is 0 Å². The second kappa shape index (κ2) is 8.43. The monoisotopic (exact) mass is 228 g/mol. The van der Waals surface area contributed by atoms with Crippen LogP contribution >= 0.6 is 0 Å². The zero-order chi connectivity index (χ0) is 12.6. The first-order valence-electron chi connectivity index (χ1n) is 6.61. The first-order chi connectivity index (χ1) is 7.56. The number of nitrogens with one attached hydrogen (secondary N) is 1. The van der Waals surface area contributed by atoms with Crippen LogP contribution in [0.4, 0.5) is 4.79 Å². The Balaban J connectivity index is 4.44. The largest absolute Gasteiger partial charge is 0.338 e. The number of hydrogen-bond donors (Lipinski definition) is 1. The fourth-order valence-electron chi connectivity index (χ4n) is 1.85. The molecule has 0 aliphatic rings. The van der Waals surface area contributed by atoms with Crippen molar-refractivity contribution < 1.29 is 4.79 Å². The Kier molecular flexibility index (Phi) is 8.04. The summed E-state index contributed by atoms with van der Waals surface area (Å²) in [5.74, 6) is 0.521. The van der Waals surface area contributed by atoms with Gasteiger partial charge in [-0.2, -0.15) is 0 Å². The van der Waals surface area contributed by atoms with Crippen LogP contribution in [0, 0.1) is 5.92 Å². The molecule has 0 aromatic heterocycles. The van der Waals surface area contributed by atoms with E-state index in [2.05, 4.69) is 39.9 Å². The highest BCUT2D eigenvalue weighted by atomic mass is 16.2. The van der Waals surface area contributed by atoms with Crippen LogP contribution in [0.25, 0.3) is 0 Å². The van der Waals surface area contributed by atoms with Gasteiger partial charge in [-0.3, -0.25) is 0 Å². The Morgan fingerprint density at radius 3 is 2.12 bits per heavy atom. The van der Waals surface area contributed by atoms with E-state index in [1.54, 1.807) is 0 Å². The van der Waals surface area contributed by atoms with Gasteiger partial charge in [0.05, 0.1) is 0 Å². The van der Waals surface area contributed by atoms with E-state index in [4.69, 9.17) is 0 Å². The van der Waals surface area contributed by atoms with Crippen LogP contribution in [0.5, 0.6) is 0 Å². The molecule has 0 aromatic rings. The maximum atomic E-state index is 12.0. The van der Waals surface area contributed by atoms with Crippen molar-refractivity contribution in [1.29, 1.82) is 0 Å². The average molecular weight is 228 g/mol. The first-order valence-corrected chi connectivity index (χ1v) is 6.61. The van der Waals surface area contributed by atoms with E-state index >= 15 is 0 Å². The molecule has 2 amide bonds. The molecule has 0 aliphatic heterocycles. The van der Waals surface area contributed by atoms with E-state index in [0.29, 0.717) is 12.0 Å². The molecule has 0 rings (SSSR count). The molecule has 0 bridgehead atoms. The van der Waals surface area contributed by atoms with Crippen molar-refractivity contribution >= 4 is 6.03 Å². The summed E-state index contributed by atoms with van der Waals surface area (Å²) in [6.45, 7) is 12.3. The molecule has 1 N–H and O–H groups in total. The zero-order valence-corrected chi connectivity index (χ0v) is 11.5. The Labute approximate surface area is 101 Å². The van der Waals surface area contributed by atoms with Crippen LogP contribution in [0.3, 0.4) is 0 Å². The maximum absolute atomic E-state index is 12.0. The van der Waals surface area contributed by atoms with Gasteiger partial charge >= 0.3 is 6.03 Å². The number of urea groups is 1. The van der Waals surface area contributed by atoms with Crippen molar-refractivity contribution in [2.75, 3.05) is 13.1 Å². The lowest BCUT2D eigenvalue weighted by atomic mass is 10.1. The lowest BCUT2D eigenvalue weighted by Gasteiger charge is -2.32. The number of rotatable bonds is 7. The molecular formula is C13H28N2O. The molecule has 0 atom stereocenters. The van der Waals surface area contributed by atoms with Crippen molar-refractivity contribution in [2.24, 2.45) is 5.92 Å². The van der Waals surface area contributed by atoms with Crippen LogP contribution in [0.15, 0.2) is 0 Å². The molecule has 3 heteroatoms. The van der Waals surface area contributed by atoms with E-state index < -0.39 is 0 Å². The molecule has 0 aromatic carbocycles. The van der Waals surface area contributed by atoms with Gasteiger partial charge in [0.25, 0.3) is 0 Å². The molecule has 0 spiro atoms. The lowest BCUT2D eigenvalue weighted by Crippen LogP contribution is -2.47. The van der Waals surface area contributed by atoms with Crippen LogP contribution in [0.1, 0.15) is 53.9 Å². The van der Waals surface area contributed by atoms with Crippen molar-refractivity contribution in [2.45, 2.75) is 59.9 Å². The first kappa shape index (κ1) is 15.3. The molecule has 0 aliphatic carbocycles. The van der Waals surface area contributed by atoms with Crippen molar-refractivity contribution in [1.82, 2.24) is 10.2 Å². The van der Waals surface area contributed by atoms with Crippen molar-refractivity contribution in [3.8, 4) is 0 Å².